The van der Waals surface area contributed by atoms with Crippen molar-refractivity contribution in [1.29, 1.82) is 0 Å². The number of hydrogen-bond donors (Lipinski definition) is 3. The van der Waals surface area contributed by atoms with Crippen LogP contribution in [0.2, 0.25) is 0 Å². The van der Waals surface area contributed by atoms with Gasteiger partial charge in [-0.2, -0.15) is 0 Å². The van der Waals surface area contributed by atoms with E-state index in [1.54, 1.807) is 45.9 Å². The zero-order valence-corrected chi connectivity index (χ0v) is 25.3. The topological polar surface area (TPSA) is 117 Å². The number of ether oxygens (including phenoxy) is 2. The zero-order chi connectivity index (χ0) is 30.8. The average molecular weight is 578 g/mol. The summed E-state index contributed by atoms with van der Waals surface area (Å²) in [5.41, 5.74) is 3.35. The van der Waals surface area contributed by atoms with Gasteiger partial charge < -0.3 is 30.1 Å². The van der Waals surface area contributed by atoms with E-state index in [2.05, 4.69) is 10.6 Å². The molecule has 2 aromatic carbocycles. The Hall–Kier alpha value is -3.95. The first-order valence-electron chi connectivity index (χ1n) is 14.3. The van der Waals surface area contributed by atoms with Crippen molar-refractivity contribution in [3.05, 3.63) is 88.8 Å². The number of allylic oxidation sites excluding steroid dienone is 2. The average Bonchev–Trinajstić information content (AvgIpc) is 2.94. The number of carbonyl (C=O) groups is 3. The van der Waals surface area contributed by atoms with Crippen LogP contribution >= 0.6 is 0 Å². The number of ketones is 1. The lowest BCUT2D eigenvalue weighted by atomic mass is 9.85. The molecule has 42 heavy (non-hydrogen) atoms. The molecule has 3 atom stereocenters. The van der Waals surface area contributed by atoms with Crippen molar-refractivity contribution in [3.8, 4) is 5.75 Å². The molecule has 9 nitrogen and oxygen atoms in total. The number of carbonyl (C=O) groups excluding carboxylic acids is 3. The molecule has 0 saturated heterocycles. The van der Waals surface area contributed by atoms with Crippen LogP contribution in [0.25, 0.3) is 0 Å². The number of amides is 1. The van der Waals surface area contributed by atoms with Gasteiger partial charge in [-0.3, -0.25) is 14.4 Å². The number of nitrogens with zero attached hydrogens (tertiary/aromatic N) is 1. The Morgan fingerprint density at radius 3 is 2.38 bits per heavy atom. The van der Waals surface area contributed by atoms with Crippen molar-refractivity contribution in [2.45, 2.75) is 65.8 Å². The monoisotopic (exact) mass is 577 g/mol. The van der Waals surface area contributed by atoms with Gasteiger partial charge >= 0.3 is 5.97 Å². The van der Waals surface area contributed by atoms with Gasteiger partial charge in [0.15, 0.2) is 5.78 Å². The zero-order valence-electron chi connectivity index (χ0n) is 25.3. The van der Waals surface area contributed by atoms with Crippen molar-refractivity contribution in [2.75, 3.05) is 20.2 Å². The Morgan fingerprint density at radius 2 is 1.74 bits per heavy atom. The van der Waals surface area contributed by atoms with Crippen LogP contribution in [-0.4, -0.2) is 66.1 Å². The molecule has 0 aliphatic carbocycles. The largest absolute Gasteiger partial charge is 0.497 e. The summed E-state index contributed by atoms with van der Waals surface area (Å²) in [4.78, 5) is 40.4. The SMILES string of the molecule is COc1cccc(CNC[C@@H](O)[C@H](Cc2ccccc2)NC(=O)C2=CN(CC(=O)OC(C)C)C(C)=C(C(C)=O)C2C)c1. The number of Topliss-reactive ketones (excluding diaryl/α,β-unsaturated/α-hetero) is 1. The number of rotatable bonds is 14. The van der Waals surface area contributed by atoms with Crippen LogP contribution in [0, 0.1) is 5.92 Å². The molecular weight excluding hydrogens is 534 g/mol. The second-order valence-corrected chi connectivity index (χ2v) is 10.8. The molecule has 0 spiro atoms. The summed E-state index contributed by atoms with van der Waals surface area (Å²) < 4.78 is 10.6. The lowest BCUT2D eigenvalue weighted by molar-refractivity contribution is -0.147. The van der Waals surface area contributed by atoms with Crippen LogP contribution in [0.1, 0.15) is 45.7 Å². The van der Waals surface area contributed by atoms with Crippen molar-refractivity contribution < 1.29 is 29.0 Å². The van der Waals surface area contributed by atoms with E-state index in [-0.39, 0.29) is 25.0 Å². The number of nitrogens with one attached hydrogen (secondary N) is 2. The highest BCUT2D eigenvalue weighted by molar-refractivity contribution is 6.01. The fraction of sp³-hybridized carbons (Fsp3) is 0.424. The Kier molecular flexibility index (Phi) is 11.9. The molecule has 2 aromatic rings. The number of aliphatic hydroxyl groups is 1. The minimum Gasteiger partial charge on any atom is -0.497 e. The Bertz CT molecular complexity index is 1300. The molecule has 0 aromatic heterocycles. The second kappa shape index (κ2) is 15.3. The summed E-state index contributed by atoms with van der Waals surface area (Å²) in [6.07, 6.45) is 0.800. The Balaban J connectivity index is 1.80. The first-order valence-corrected chi connectivity index (χ1v) is 14.3. The van der Waals surface area contributed by atoms with Gasteiger partial charge in [-0.1, -0.05) is 49.4 Å². The van der Waals surface area contributed by atoms with E-state index < -0.39 is 29.9 Å². The molecule has 0 fully saturated rings. The third-order valence-corrected chi connectivity index (χ3v) is 7.22. The Morgan fingerprint density at radius 1 is 1.05 bits per heavy atom. The standard InChI is InChI=1S/C33H43N3O6/c1-21(2)42-31(39)20-36-19-28(22(3)32(23(36)4)24(5)37)33(40)35-29(16-25-11-8-7-9-12-25)30(38)18-34-17-26-13-10-14-27(15-26)41-6/h7-15,19,21-22,29-30,34,38H,16-18,20H2,1-6H3,(H,35,40)/t22?,29-,30+/m0/s1. The fourth-order valence-electron chi connectivity index (χ4n) is 5.11. The van der Waals surface area contributed by atoms with Crippen molar-refractivity contribution in [2.24, 2.45) is 5.92 Å². The molecule has 3 N–H and O–H groups in total. The fourth-order valence-corrected chi connectivity index (χ4v) is 5.11. The minimum atomic E-state index is -0.916. The summed E-state index contributed by atoms with van der Waals surface area (Å²) in [5.74, 6) is -0.801. The van der Waals surface area contributed by atoms with Gasteiger partial charge in [-0.25, -0.2) is 0 Å². The molecule has 3 rings (SSSR count). The highest BCUT2D eigenvalue weighted by atomic mass is 16.5. The molecule has 1 aliphatic rings. The highest BCUT2D eigenvalue weighted by Gasteiger charge is 2.33. The highest BCUT2D eigenvalue weighted by Crippen LogP contribution is 2.31. The first-order chi connectivity index (χ1) is 20.0. The molecular formula is C33H43N3O6. The van der Waals surface area contributed by atoms with E-state index in [0.29, 0.717) is 29.8 Å². The van der Waals surface area contributed by atoms with Gasteiger partial charge in [-0.05, 0) is 57.4 Å². The first kappa shape index (κ1) is 32.6. The Labute approximate surface area is 248 Å². The van der Waals surface area contributed by atoms with E-state index in [0.717, 1.165) is 16.9 Å². The van der Waals surface area contributed by atoms with E-state index in [9.17, 15) is 19.5 Å². The maximum absolute atomic E-state index is 13.8. The summed E-state index contributed by atoms with van der Waals surface area (Å²) in [6.45, 7) is 9.15. The smallest absolute Gasteiger partial charge is 0.326 e. The molecule has 9 heteroatoms. The predicted molar refractivity (Wildman–Crippen MR) is 161 cm³/mol. The van der Waals surface area contributed by atoms with Crippen molar-refractivity contribution in [3.63, 3.8) is 0 Å². The van der Waals surface area contributed by atoms with E-state index in [4.69, 9.17) is 9.47 Å². The second-order valence-electron chi connectivity index (χ2n) is 10.8. The lowest BCUT2D eigenvalue weighted by Crippen LogP contribution is -2.50. The number of benzene rings is 2. The molecule has 1 heterocycles. The van der Waals surface area contributed by atoms with Gasteiger partial charge in [0.1, 0.15) is 12.3 Å². The molecule has 0 saturated carbocycles. The van der Waals surface area contributed by atoms with Gasteiger partial charge in [0, 0.05) is 42.1 Å². The van der Waals surface area contributed by atoms with E-state index >= 15 is 0 Å². The number of esters is 1. The minimum absolute atomic E-state index is 0.130. The van der Waals surface area contributed by atoms with Crippen LogP contribution in [0.3, 0.4) is 0 Å². The van der Waals surface area contributed by atoms with Crippen LogP contribution in [-0.2, 0) is 32.1 Å². The summed E-state index contributed by atoms with van der Waals surface area (Å²) in [7, 11) is 1.61. The summed E-state index contributed by atoms with van der Waals surface area (Å²) in [6, 6.07) is 16.7. The molecule has 0 radical (unpaired) electrons. The van der Waals surface area contributed by atoms with Crippen LogP contribution in [0.5, 0.6) is 5.75 Å². The number of methoxy groups -OCH3 is 1. The van der Waals surface area contributed by atoms with Crippen LogP contribution in [0.4, 0.5) is 0 Å². The maximum atomic E-state index is 13.8. The third-order valence-electron chi connectivity index (χ3n) is 7.22. The summed E-state index contributed by atoms with van der Waals surface area (Å²) >= 11 is 0. The van der Waals surface area contributed by atoms with E-state index in [1.807, 2.05) is 54.6 Å². The summed E-state index contributed by atoms with van der Waals surface area (Å²) in [5, 5.41) is 17.5. The van der Waals surface area contributed by atoms with Gasteiger partial charge in [0.05, 0.1) is 25.4 Å². The number of aliphatic hydroxyl groups excluding tert-OH is 1. The number of hydrogen-bond acceptors (Lipinski definition) is 8. The van der Waals surface area contributed by atoms with Gasteiger partial charge in [-0.15, -0.1) is 0 Å². The molecule has 0 bridgehead atoms. The lowest BCUT2D eigenvalue weighted by Gasteiger charge is -2.33. The van der Waals surface area contributed by atoms with Crippen LogP contribution < -0.4 is 15.4 Å². The molecule has 1 aliphatic heterocycles. The predicted octanol–water partition coefficient (Wildman–Crippen LogP) is 3.52. The van der Waals surface area contributed by atoms with Gasteiger partial charge in [0.2, 0.25) is 5.91 Å². The third kappa shape index (κ3) is 9.03. The van der Waals surface area contributed by atoms with Gasteiger partial charge in [0.25, 0.3) is 0 Å². The normalized spacial score (nSPS) is 16.5. The van der Waals surface area contributed by atoms with Crippen LogP contribution in [0.15, 0.2) is 77.6 Å². The van der Waals surface area contributed by atoms with Crippen molar-refractivity contribution >= 4 is 17.7 Å². The van der Waals surface area contributed by atoms with E-state index in [1.165, 1.54) is 6.92 Å². The molecule has 226 valence electrons. The maximum Gasteiger partial charge on any atom is 0.326 e. The molecule has 1 unspecified atom stereocenters. The quantitative estimate of drug-likeness (QED) is 0.292. The van der Waals surface area contributed by atoms with Crippen molar-refractivity contribution in [1.82, 2.24) is 15.5 Å². The molecule has 1 amide bonds.